The molecule has 4 heterocycles. The maximum atomic E-state index is 12.6. The summed E-state index contributed by atoms with van der Waals surface area (Å²) in [4.78, 5) is 37.7. The summed E-state index contributed by atoms with van der Waals surface area (Å²) in [6.07, 6.45) is 1.12. The van der Waals surface area contributed by atoms with Crippen LogP contribution in [0.3, 0.4) is 0 Å². The Kier molecular flexibility index (Phi) is 2.77. The lowest BCUT2D eigenvalue weighted by atomic mass is 9.85. The minimum Gasteiger partial charge on any atom is -0.371 e. The Bertz CT molecular complexity index is 778. The largest absolute Gasteiger partial charge is 0.371 e. The van der Waals surface area contributed by atoms with Crippen LogP contribution < -0.4 is 17.1 Å². The van der Waals surface area contributed by atoms with Gasteiger partial charge in [0.05, 0.1) is 50.7 Å². The van der Waals surface area contributed by atoms with Crippen molar-refractivity contribution in [2.75, 3.05) is 13.2 Å². The van der Waals surface area contributed by atoms with E-state index in [4.69, 9.17) is 14.2 Å². The smallest absolute Gasteiger partial charge is 0.336 e. The first-order valence-electron chi connectivity index (χ1n) is 7.95. The normalized spacial score (nSPS) is 36.3. The van der Waals surface area contributed by atoms with Crippen LogP contribution in [0.5, 0.6) is 0 Å². The standard InChI is InChI=1S/C14H17N3O6/c18-12-15(2-7-1-10-11(7)23-10)13(19)17(4-9-6-22-9)14(20)16(12)3-8-5-21-8/h7-11H,1-6H2/t7?,8?,9?,10-,11?/m1/s1. The van der Waals surface area contributed by atoms with Crippen molar-refractivity contribution in [3.05, 3.63) is 31.5 Å². The van der Waals surface area contributed by atoms with Crippen molar-refractivity contribution < 1.29 is 14.2 Å². The molecule has 4 fully saturated rings. The fraction of sp³-hybridized carbons (Fsp3) is 0.786. The number of hydrogen-bond acceptors (Lipinski definition) is 6. The van der Waals surface area contributed by atoms with E-state index >= 15 is 0 Å². The van der Waals surface area contributed by atoms with E-state index in [1.165, 1.54) is 4.57 Å². The van der Waals surface area contributed by atoms with E-state index in [-0.39, 0.29) is 37.3 Å². The number of epoxide rings is 3. The van der Waals surface area contributed by atoms with Crippen molar-refractivity contribution in [2.45, 2.75) is 50.5 Å². The molecule has 1 saturated carbocycles. The first kappa shape index (κ1) is 13.7. The molecular formula is C14H17N3O6. The zero-order valence-electron chi connectivity index (χ0n) is 12.4. The predicted molar refractivity (Wildman–Crippen MR) is 75.5 cm³/mol. The van der Waals surface area contributed by atoms with E-state index in [2.05, 4.69) is 0 Å². The molecule has 0 bridgehead atoms. The second kappa shape index (κ2) is 4.65. The molecule has 1 aliphatic carbocycles. The fourth-order valence-electron chi connectivity index (χ4n) is 3.32. The summed E-state index contributed by atoms with van der Waals surface area (Å²) in [7, 11) is 0. The van der Waals surface area contributed by atoms with Crippen LogP contribution in [0.4, 0.5) is 0 Å². The maximum Gasteiger partial charge on any atom is 0.336 e. The van der Waals surface area contributed by atoms with E-state index < -0.39 is 17.1 Å². The monoisotopic (exact) mass is 323 g/mol. The Balaban J connectivity index is 1.57. The zero-order chi connectivity index (χ0) is 15.7. The molecule has 9 heteroatoms. The van der Waals surface area contributed by atoms with Crippen LogP contribution in [0.1, 0.15) is 6.42 Å². The van der Waals surface area contributed by atoms with Crippen LogP contribution in [0.2, 0.25) is 0 Å². The van der Waals surface area contributed by atoms with E-state index in [0.717, 1.165) is 15.6 Å². The third-order valence-electron chi connectivity index (χ3n) is 5.00. The highest BCUT2D eigenvalue weighted by Crippen LogP contribution is 2.47. The van der Waals surface area contributed by atoms with E-state index in [1.54, 1.807) is 0 Å². The number of rotatable bonds is 6. The summed E-state index contributed by atoms with van der Waals surface area (Å²) in [6, 6.07) is 0. The van der Waals surface area contributed by atoms with E-state index in [1.807, 2.05) is 0 Å². The molecule has 0 amide bonds. The number of nitrogens with zero attached hydrogens (tertiary/aromatic N) is 3. The van der Waals surface area contributed by atoms with Gasteiger partial charge in [0.1, 0.15) is 0 Å². The van der Waals surface area contributed by atoms with Gasteiger partial charge in [-0.1, -0.05) is 0 Å². The Hall–Kier alpha value is -1.71. The highest BCUT2D eigenvalue weighted by molar-refractivity contribution is 5.03. The van der Waals surface area contributed by atoms with Gasteiger partial charge in [-0.2, -0.15) is 0 Å². The molecule has 124 valence electrons. The van der Waals surface area contributed by atoms with Gasteiger partial charge >= 0.3 is 17.1 Å². The van der Waals surface area contributed by atoms with Crippen molar-refractivity contribution in [1.82, 2.24) is 13.7 Å². The second-order valence-electron chi connectivity index (χ2n) is 6.73. The van der Waals surface area contributed by atoms with Crippen molar-refractivity contribution in [1.29, 1.82) is 0 Å². The summed E-state index contributed by atoms with van der Waals surface area (Å²) in [5.41, 5.74) is -1.67. The zero-order valence-corrected chi connectivity index (χ0v) is 12.4. The molecule has 5 rings (SSSR count). The summed E-state index contributed by atoms with van der Waals surface area (Å²) in [6.45, 7) is 1.76. The molecule has 4 unspecified atom stereocenters. The summed E-state index contributed by atoms with van der Waals surface area (Å²) in [5, 5.41) is 0. The Morgan fingerprint density at radius 2 is 1.30 bits per heavy atom. The molecule has 3 aliphatic heterocycles. The van der Waals surface area contributed by atoms with Crippen LogP contribution >= 0.6 is 0 Å². The Morgan fingerprint density at radius 1 is 0.826 bits per heavy atom. The average molecular weight is 323 g/mol. The van der Waals surface area contributed by atoms with Crippen LogP contribution in [0.15, 0.2) is 14.4 Å². The summed E-state index contributed by atoms with van der Waals surface area (Å²) >= 11 is 0. The van der Waals surface area contributed by atoms with Crippen molar-refractivity contribution in [3.8, 4) is 0 Å². The molecule has 0 radical (unpaired) electrons. The fourth-order valence-corrected chi connectivity index (χ4v) is 3.32. The molecule has 0 N–H and O–H groups in total. The van der Waals surface area contributed by atoms with Gasteiger partial charge in [0.2, 0.25) is 0 Å². The van der Waals surface area contributed by atoms with Crippen molar-refractivity contribution in [2.24, 2.45) is 5.92 Å². The van der Waals surface area contributed by atoms with Gasteiger partial charge in [-0.3, -0.25) is 0 Å². The highest BCUT2D eigenvalue weighted by Gasteiger charge is 2.56. The van der Waals surface area contributed by atoms with E-state index in [0.29, 0.717) is 25.9 Å². The molecule has 1 aromatic heterocycles. The molecule has 23 heavy (non-hydrogen) atoms. The van der Waals surface area contributed by atoms with Gasteiger partial charge < -0.3 is 14.2 Å². The lowest BCUT2D eigenvalue weighted by Crippen LogP contribution is -2.56. The van der Waals surface area contributed by atoms with Gasteiger partial charge in [0.25, 0.3) is 0 Å². The third kappa shape index (κ3) is 2.30. The topological polar surface area (TPSA) is 104 Å². The molecule has 1 aromatic rings. The van der Waals surface area contributed by atoms with Gasteiger partial charge in [-0.25, -0.2) is 28.1 Å². The maximum absolute atomic E-state index is 12.6. The first-order valence-corrected chi connectivity index (χ1v) is 7.95. The Morgan fingerprint density at radius 3 is 1.65 bits per heavy atom. The average Bonchev–Trinajstić information content (AvgIpc) is 3.36. The minimum absolute atomic E-state index is 0.114. The van der Waals surface area contributed by atoms with Gasteiger partial charge in [-0.15, -0.1) is 0 Å². The van der Waals surface area contributed by atoms with Crippen LogP contribution in [-0.4, -0.2) is 51.3 Å². The SMILES string of the molecule is O=c1n(CC2CO2)c(=O)n(CC2C[C@H]3OC23)c(=O)n1CC1CO1. The summed E-state index contributed by atoms with van der Waals surface area (Å²) in [5.74, 6) is 0.180. The quantitative estimate of drug-likeness (QED) is 0.548. The third-order valence-corrected chi connectivity index (χ3v) is 5.00. The second-order valence-corrected chi connectivity index (χ2v) is 6.73. The van der Waals surface area contributed by atoms with Crippen molar-refractivity contribution >= 4 is 0 Å². The molecule has 0 spiro atoms. The molecule has 9 nitrogen and oxygen atoms in total. The van der Waals surface area contributed by atoms with Crippen LogP contribution in [0.25, 0.3) is 0 Å². The molecule has 0 aromatic carbocycles. The number of ether oxygens (including phenoxy) is 3. The van der Waals surface area contributed by atoms with Gasteiger partial charge in [0, 0.05) is 12.5 Å². The van der Waals surface area contributed by atoms with Gasteiger partial charge in [-0.05, 0) is 6.42 Å². The van der Waals surface area contributed by atoms with Crippen LogP contribution in [-0.2, 0) is 33.8 Å². The van der Waals surface area contributed by atoms with Crippen LogP contribution in [0, 0.1) is 5.92 Å². The Labute approximate surface area is 130 Å². The first-order chi connectivity index (χ1) is 11.1. The number of fused-ring (bicyclic) bond motifs is 1. The molecule has 4 aliphatic rings. The van der Waals surface area contributed by atoms with Crippen molar-refractivity contribution in [3.63, 3.8) is 0 Å². The minimum atomic E-state index is -0.573. The molecular weight excluding hydrogens is 306 g/mol. The molecule has 5 atom stereocenters. The highest BCUT2D eigenvalue weighted by atomic mass is 16.6. The van der Waals surface area contributed by atoms with E-state index in [9.17, 15) is 14.4 Å². The predicted octanol–water partition coefficient (Wildman–Crippen LogP) is -2.24. The summed E-state index contributed by atoms with van der Waals surface area (Å²) < 4.78 is 19.0. The number of hydrogen-bond donors (Lipinski definition) is 0. The lowest BCUT2D eigenvalue weighted by molar-refractivity contribution is 0.289. The van der Waals surface area contributed by atoms with Gasteiger partial charge in [0.15, 0.2) is 0 Å². The lowest BCUT2D eigenvalue weighted by Gasteiger charge is -2.21. The number of aromatic nitrogens is 3. The molecule has 3 saturated heterocycles.